The fraction of sp³-hybridized carbons (Fsp3) is 1.00. The Morgan fingerprint density at radius 1 is 1.18 bits per heavy atom. The second-order valence-corrected chi connectivity index (χ2v) is 6.77. The number of hydrogen-bond donors (Lipinski definition) is 1. The molecule has 1 unspecified atom stereocenters. The zero-order chi connectivity index (χ0) is 12.9. The van der Waals surface area contributed by atoms with Gasteiger partial charge in [-0.25, -0.2) is 0 Å². The zero-order valence-corrected chi connectivity index (χ0v) is 12.6. The highest BCUT2D eigenvalue weighted by molar-refractivity contribution is 4.82. The van der Waals surface area contributed by atoms with E-state index in [-0.39, 0.29) is 0 Å². The second kappa shape index (κ2) is 6.75. The molecule has 102 valence electrons. The Balaban J connectivity index is 2.35. The molecule has 0 radical (unpaired) electrons. The average Bonchev–Trinajstić information content (AvgIpc) is 2.26. The molecule has 2 heteroatoms. The van der Waals surface area contributed by atoms with Crippen molar-refractivity contribution in [3.8, 4) is 0 Å². The van der Waals surface area contributed by atoms with E-state index in [1.165, 1.54) is 38.9 Å². The molecule has 0 aromatic heterocycles. The highest BCUT2D eigenvalue weighted by Gasteiger charge is 2.27. The molecule has 1 aliphatic heterocycles. The summed E-state index contributed by atoms with van der Waals surface area (Å²) in [5.41, 5.74) is 0.570. The van der Waals surface area contributed by atoms with Gasteiger partial charge in [-0.15, -0.1) is 0 Å². The Bertz CT molecular complexity index is 201. The van der Waals surface area contributed by atoms with Crippen molar-refractivity contribution in [2.45, 2.75) is 59.9 Å². The minimum Gasteiger partial charge on any atom is -0.312 e. The topological polar surface area (TPSA) is 15.3 Å². The molecular formula is C15H32N2. The fourth-order valence-corrected chi connectivity index (χ4v) is 2.46. The molecule has 1 fully saturated rings. The van der Waals surface area contributed by atoms with Crippen molar-refractivity contribution < 1.29 is 0 Å². The third kappa shape index (κ3) is 5.39. The van der Waals surface area contributed by atoms with Crippen LogP contribution in [-0.4, -0.2) is 37.1 Å². The van der Waals surface area contributed by atoms with Gasteiger partial charge in [0.05, 0.1) is 0 Å². The van der Waals surface area contributed by atoms with Gasteiger partial charge in [0.2, 0.25) is 0 Å². The van der Waals surface area contributed by atoms with E-state index in [9.17, 15) is 0 Å². The van der Waals surface area contributed by atoms with Gasteiger partial charge in [-0.05, 0) is 50.2 Å². The molecule has 0 aromatic rings. The number of likely N-dealkylation sites (tertiary alicyclic amines) is 1. The van der Waals surface area contributed by atoms with E-state index in [0.717, 1.165) is 12.5 Å². The van der Waals surface area contributed by atoms with Crippen LogP contribution in [0.15, 0.2) is 0 Å². The van der Waals surface area contributed by atoms with Crippen LogP contribution in [0.25, 0.3) is 0 Å². The molecule has 17 heavy (non-hydrogen) atoms. The predicted molar refractivity (Wildman–Crippen MR) is 76.4 cm³/mol. The first-order chi connectivity index (χ1) is 7.94. The van der Waals surface area contributed by atoms with Crippen LogP contribution < -0.4 is 5.32 Å². The lowest BCUT2D eigenvalue weighted by Crippen LogP contribution is -2.47. The molecule has 0 bridgehead atoms. The highest BCUT2D eigenvalue weighted by Crippen LogP contribution is 2.29. The van der Waals surface area contributed by atoms with E-state index < -0.39 is 0 Å². The Kier molecular flexibility index (Phi) is 5.94. The van der Waals surface area contributed by atoms with Crippen molar-refractivity contribution in [2.24, 2.45) is 11.3 Å². The largest absolute Gasteiger partial charge is 0.312 e. The molecule has 1 aliphatic rings. The second-order valence-electron chi connectivity index (χ2n) is 6.77. The normalized spacial score (nSPS) is 22.9. The van der Waals surface area contributed by atoms with Crippen molar-refractivity contribution in [1.82, 2.24) is 10.2 Å². The summed E-state index contributed by atoms with van der Waals surface area (Å²) in [6.07, 6.45) is 3.94. The Morgan fingerprint density at radius 2 is 1.76 bits per heavy atom. The molecule has 0 saturated carbocycles. The molecular weight excluding hydrogens is 208 g/mol. The maximum atomic E-state index is 3.70. The molecule has 1 rings (SSSR count). The van der Waals surface area contributed by atoms with Crippen molar-refractivity contribution in [1.29, 1.82) is 0 Å². The number of nitrogens with one attached hydrogen (secondary N) is 1. The van der Waals surface area contributed by atoms with E-state index >= 15 is 0 Å². The monoisotopic (exact) mass is 240 g/mol. The third-order valence-corrected chi connectivity index (χ3v) is 4.13. The first-order valence-corrected chi connectivity index (χ1v) is 7.40. The minimum atomic E-state index is 0.570. The van der Waals surface area contributed by atoms with Crippen LogP contribution in [-0.2, 0) is 0 Å². The molecule has 1 heterocycles. The SMILES string of the molecule is CCCNC(CN1CCC(C)(C)CC1)C(C)C. The van der Waals surface area contributed by atoms with Crippen molar-refractivity contribution >= 4 is 0 Å². The van der Waals surface area contributed by atoms with Crippen LogP contribution in [0.2, 0.25) is 0 Å². The van der Waals surface area contributed by atoms with Crippen molar-refractivity contribution in [3.63, 3.8) is 0 Å². The van der Waals surface area contributed by atoms with E-state index in [2.05, 4.69) is 44.8 Å². The Morgan fingerprint density at radius 3 is 2.24 bits per heavy atom. The maximum absolute atomic E-state index is 3.70. The van der Waals surface area contributed by atoms with Gasteiger partial charge in [0, 0.05) is 12.6 Å². The van der Waals surface area contributed by atoms with Crippen LogP contribution >= 0.6 is 0 Å². The average molecular weight is 240 g/mol. The summed E-state index contributed by atoms with van der Waals surface area (Å²) in [6, 6.07) is 0.663. The zero-order valence-electron chi connectivity index (χ0n) is 12.6. The molecule has 0 aromatic carbocycles. The van der Waals surface area contributed by atoms with Crippen molar-refractivity contribution in [3.05, 3.63) is 0 Å². The molecule has 0 spiro atoms. The summed E-state index contributed by atoms with van der Waals surface area (Å²) in [7, 11) is 0. The lowest BCUT2D eigenvalue weighted by atomic mass is 9.82. The minimum absolute atomic E-state index is 0.570. The van der Waals surface area contributed by atoms with E-state index in [1.807, 2.05) is 0 Å². The molecule has 1 N–H and O–H groups in total. The van der Waals surface area contributed by atoms with Gasteiger partial charge >= 0.3 is 0 Å². The summed E-state index contributed by atoms with van der Waals surface area (Å²) >= 11 is 0. The van der Waals surface area contributed by atoms with E-state index in [4.69, 9.17) is 0 Å². The lowest BCUT2D eigenvalue weighted by molar-refractivity contribution is 0.115. The van der Waals surface area contributed by atoms with Gasteiger partial charge in [0.15, 0.2) is 0 Å². The number of rotatable bonds is 6. The summed E-state index contributed by atoms with van der Waals surface area (Å²) in [5, 5.41) is 3.70. The van der Waals surface area contributed by atoms with Gasteiger partial charge in [0.1, 0.15) is 0 Å². The van der Waals surface area contributed by atoms with Crippen LogP contribution in [0.1, 0.15) is 53.9 Å². The number of hydrogen-bond acceptors (Lipinski definition) is 2. The van der Waals surface area contributed by atoms with Gasteiger partial charge in [-0.3, -0.25) is 0 Å². The molecule has 2 nitrogen and oxygen atoms in total. The molecule has 1 atom stereocenters. The van der Waals surface area contributed by atoms with Gasteiger partial charge < -0.3 is 10.2 Å². The van der Waals surface area contributed by atoms with Crippen LogP contribution in [0.4, 0.5) is 0 Å². The van der Waals surface area contributed by atoms with Crippen molar-refractivity contribution in [2.75, 3.05) is 26.2 Å². The lowest BCUT2D eigenvalue weighted by Gasteiger charge is -2.39. The summed E-state index contributed by atoms with van der Waals surface area (Å²) in [5.74, 6) is 0.733. The van der Waals surface area contributed by atoms with E-state index in [1.54, 1.807) is 0 Å². The molecule has 0 amide bonds. The fourth-order valence-electron chi connectivity index (χ4n) is 2.46. The summed E-state index contributed by atoms with van der Waals surface area (Å²) in [6.45, 7) is 16.7. The van der Waals surface area contributed by atoms with Gasteiger partial charge in [-0.2, -0.15) is 0 Å². The van der Waals surface area contributed by atoms with E-state index in [0.29, 0.717) is 11.5 Å². The smallest absolute Gasteiger partial charge is 0.0217 e. The number of piperidine rings is 1. The Hall–Kier alpha value is -0.0800. The molecule has 0 aliphatic carbocycles. The van der Waals surface area contributed by atoms with Crippen LogP contribution in [0, 0.1) is 11.3 Å². The summed E-state index contributed by atoms with van der Waals surface area (Å²) in [4.78, 5) is 2.65. The van der Waals surface area contributed by atoms with Gasteiger partial charge in [0.25, 0.3) is 0 Å². The first kappa shape index (κ1) is 15.0. The first-order valence-electron chi connectivity index (χ1n) is 7.40. The predicted octanol–water partition coefficient (Wildman–Crippen LogP) is 3.13. The third-order valence-electron chi connectivity index (χ3n) is 4.13. The Labute approximate surface area is 108 Å². The standard InChI is InChI=1S/C15H32N2/c1-6-9-16-14(13(2)3)12-17-10-7-15(4,5)8-11-17/h13-14,16H,6-12H2,1-5H3. The maximum Gasteiger partial charge on any atom is 0.0217 e. The number of nitrogens with zero attached hydrogens (tertiary/aromatic N) is 1. The molecule has 1 saturated heterocycles. The van der Waals surface area contributed by atoms with Gasteiger partial charge in [-0.1, -0.05) is 34.6 Å². The van der Waals surface area contributed by atoms with Crippen LogP contribution in [0.5, 0.6) is 0 Å². The van der Waals surface area contributed by atoms with Crippen LogP contribution in [0.3, 0.4) is 0 Å². The summed E-state index contributed by atoms with van der Waals surface area (Å²) < 4.78 is 0. The quantitative estimate of drug-likeness (QED) is 0.767. The highest BCUT2D eigenvalue weighted by atomic mass is 15.2.